The van der Waals surface area contributed by atoms with Gasteiger partial charge in [0.2, 0.25) is 0 Å². The Bertz CT molecular complexity index is 428. The van der Waals surface area contributed by atoms with Crippen LogP contribution in [0.2, 0.25) is 0 Å². The zero-order valence-electron chi connectivity index (χ0n) is 13.6. The van der Waals surface area contributed by atoms with Gasteiger partial charge in [0, 0.05) is 19.1 Å². The molecule has 1 aromatic carbocycles. The number of benzene rings is 1. The third-order valence-corrected chi connectivity index (χ3v) is 5.14. The summed E-state index contributed by atoms with van der Waals surface area (Å²) >= 11 is 0. The third kappa shape index (κ3) is 3.42. The second-order valence-corrected chi connectivity index (χ2v) is 6.72. The molecule has 1 aromatic rings. The van der Waals surface area contributed by atoms with Gasteiger partial charge < -0.3 is 10.6 Å². The SMILES string of the molecule is CCC1(CC)CCN(CC(N)c2cc(C)cc(C)c2)C1. The molecule has 2 N–H and O–H groups in total. The lowest BCUT2D eigenvalue weighted by molar-refractivity contribution is 0.233. The number of nitrogens with zero attached hydrogens (tertiary/aromatic N) is 1. The molecule has 2 nitrogen and oxygen atoms in total. The van der Waals surface area contributed by atoms with E-state index in [9.17, 15) is 0 Å². The maximum Gasteiger partial charge on any atom is 0.0424 e. The molecule has 1 saturated heterocycles. The Kier molecular flexibility index (Phi) is 4.87. The zero-order valence-corrected chi connectivity index (χ0v) is 13.6. The molecular weight excluding hydrogens is 244 g/mol. The monoisotopic (exact) mass is 274 g/mol. The van der Waals surface area contributed by atoms with E-state index >= 15 is 0 Å². The molecule has 1 atom stereocenters. The van der Waals surface area contributed by atoms with Gasteiger partial charge in [0.1, 0.15) is 0 Å². The van der Waals surface area contributed by atoms with Crippen LogP contribution < -0.4 is 5.73 Å². The summed E-state index contributed by atoms with van der Waals surface area (Å²) < 4.78 is 0. The van der Waals surface area contributed by atoms with Crippen molar-refractivity contribution < 1.29 is 0 Å². The first kappa shape index (κ1) is 15.5. The molecule has 0 aliphatic carbocycles. The van der Waals surface area contributed by atoms with E-state index in [1.807, 2.05) is 0 Å². The molecule has 0 saturated carbocycles. The lowest BCUT2D eigenvalue weighted by Gasteiger charge is -2.27. The quantitative estimate of drug-likeness (QED) is 0.884. The van der Waals surface area contributed by atoms with Crippen molar-refractivity contribution in [2.45, 2.75) is 53.0 Å². The highest BCUT2D eigenvalue weighted by atomic mass is 15.2. The van der Waals surface area contributed by atoms with Crippen LogP contribution in [0.5, 0.6) is 0 Å². The van der Waals surface area contributed by atoms with Gasteiger partial charge in [-0.25, -0.2) is 0 Å². The molecule has 1 unspecified atom stereocenters. The van der Waals surface area contributed by atoms with Gasteiger partial charge in [0.05, 0.1) is 0 Å². The lowest BCUT2D eigenvalue weighted by atomic mass is 9.82. The third-order valence-electron chi connectivity index (χ3n) is 5.14. The first-order chi connectivity index (χ1) is 9.48. The number of likely N-dealkylation sites (tertiary alicyclic amines) is 1. The minimum atomic E-state index is 0.137. The Hall–Kier alpha value is -0.860. The van der Waals surface area contributed by atoms with E-state index in [2.05, 4.69) is 50.8 Å². The number of aryl methyl sites for hydroxylation is 2. The average molecular weight is 274 g/mol. The van der Waals surface area contributed by atoms with Gasteiger partial charge in [0.15, 0.2) is 0 Å². The first-order valence-corrected chi connectivity index (χ1v) is 8.04. The van der Waals surface area contributed by atoms with Crippen LogP contribution in [0.15, 0.2) is 18.2 Å². The van der Waals surface area contributed by atoms with Crippen LogP contribution in [-0.2, 0) is 0 Å². The van der Waals surface area contributed by atoms with Crippen LogP contribution in [-0.4, -0.2) is 24.5 Å². The fourth-order valence-corrected chi connectivity index (χ4v) is 3.62. The van der Waals surface area contributed by atoms with Crippen molar-refractivity contribution in [2.75, 3.05) is 19.6 Å². The zero-order chi connectivity index (χ0) is 14.8. The van der Waals surface area contributed by atoms with Crippen molar-refractivity contribution in [1.29, 1.82) is 0 Å². The van der Waals surface area contributed by atoms with Crippen LogP contribution in [0.25, 0.3) is 0 Å². The van der Waals surface area contributed by atoms with Crippen LogP contribution in [0.1, 0.15) is 55.8 Å². The molecule has 1 heterocycles. The van der Waals surface area contributed by atoms with Crippen molar-refractivity contribution in [3.05, 3.63) is 34.9 Å². The van der Waals surface area contributed by atoms with Crippen LogP contribution in [0.4, 0.5) is 0 Å². The lowest BCUT2D eigenvalue weighted by Crippen LogP contribution is -2.32. The van der Waals surface area contributed by atoms with E-state index in [1.54, 1.807) is 0 Å². The van der Waals surface area contributed by atoms with Crippen molar-refractivity contribution in [3.8, 4) is 0 Å². The highest BCUT2D eigenvalue weighted by Gasteiger charge is 2.35. The Morgan fingerprint density at radius 2 is 1.75 bits per heavy atom. The summed E-state index contributed by atoms with van der Waals surface area (Å²) in [6, 6.07) is 6.82. The minimum Gasteiger partial charge on any atom is -0.323 e. The summed E-state index contributed by atoms with van der Waals surface area (Å²) in [6.07, 6.45) is 3.91. The summed E-state index contributed by atoms with van der Waals surface area (Å²) in [7, 11) is 0. The molecule has 0 amide bonds. The maximum atomic E-state index is 6.44. The largest absolute Gasteiger partial charge is 0.323 e. The summed E-state index contributed by atoms with van der Waals surface area (Å²) in [6.45, 7) is 12.4. The van der Waals surface area contributed by atoms with Crippen molar-refractivity contribution in [3.63, 3.8) is 0 Å². The van der Waals surface area contributed by atoms with Crippen molar-refractivity contribution in [2.24, 2.45) is 11.1 Å². The molecule has 0 bridgehead atoms. The highest BCUT2D eigenvalue weighted by molar-refractivity contribution is 5.30. The fraction of sp³-hybridized carbons (Fsp3) is 0.667. The molecule has 0 radical (unpaired) electrons. The predicted octanol–water partition coefficient (Wildman–Crippen LogP) is 3.82. The minimum absolute atomic E-state index is 0.137. The molecule has 1 aliphatic heterocycles. The Balaban J connectivity index is 2.00. The number of hydrogen-bond acceptors (Lipinski definition) is 2. The summed E-state index contributed by atoms with van der Waals surface area (Å²) in [5, 5.41) is 0. The van der Waals surface area contributed by atoms with Gasteiger partial charge in [-0.2, -0.15) is 0 Å². The van der Waals surface area contributed by atoms with E-state index < -0.39 is 0 Å². The Morgan fingerprint density at radius 1 is 1.15 bits per heavy atom. The van der Waals surface area contributed by atoms with E-state index in [0.717, 1.165) is 6.54 Å². The highest BCUT2D eigenvalue weighted by Crippen LogP contribution is 2.37. The second kappa shape index (κ2) is 6.28. The fourth-order valence-electron chi connectivity index (χ4n) is 3.62. The summed E-state index contributed by atoms with van der Waals surface area (Å²) in [4.78, 5) is 2.56. The average Bonchev–Trinajstić information content (AvgIpc) is 2.81. The molecule has 112 valence electrons. The van der Waals surface area contributed by atoms with E-state index in [0.29, 0.717) is 5.41 Å². The van der Waals surface area contributed by atoms with E-state index in [-0.39, 0.29) is 6.04 Å². The Morgan fingerprint density at radius 3 is 2.25 bits per heavy atom. The molecule has 0 aromatic heterocycles. The molecule has 2 heteroatoms. The van der Waals surface area contributed by atoms with Crippen molar-refractivity contribution >= 4 is 0 Å². The van der Waals surface area contributed by atoms with Gasteiger partial charge >= 0.3 is 0 Å². The number of nitrogens with two attached hydrogens (primary N) is 1. The summed E-state index contributed by atoms with van der Waals surface area (Å²) in [5.41, 5.74) is 10.9. The van der Waals surface area contributed by atoms with Crippen molar-refractivity contribution in [1.82, 2.24) is 4.90 Å². The first-order valence-electron chi connectivity index (χ1n) is 8.04. The molecule has 0 spiro atoms. The van der Waals surface area contributed by atoms with Crippen LogP contribution in [0, 0.1) is 19.3 Å². The molecular formula is C18H30N2. The normalized spacial score (nSPS) is 20.2. The number of hydrogen-bond donors (Lipinski definition) is 1. The van der Waals surface area contributed by atoms with Gasteiger partial charge in [-0.15, -0.1) is 0 Å². The molecule has 1 fully saturated rings. The second-order valence-electron chi connectivity index (χ2n) is 6.72. The molecule has 1 aliphatic rings. The van der Waals surface area contributed by atoms with Gasteiger partial charge in [-0.1, -0.05) is 43.2 Å². The van der Waals surface area contributed by atoms with Crippen LogP contribution >= 0.6 is 0 Å². The Labute approximate surface area is 124 Å². The van der Waals surface area contributed by atoms with E-state index in [4.69, 9.17) is 5.73 Å². The van der Waals surface area contributed by atoms with E-state index in [1.165, 1.54) is 49.0 Å². The summed E-state index contributed by atoms with van der Waals surface area (Å²) in [5.74, 6) is 0. The topological polar surface area (TPSA) is 29.3 Å². The van der Waals surface area contributed by atoms with Gasteiger partial charge in [-0.05, 0) is 50.6 Å². The maximum absolute atomic E-state index is 6.44. The van der Waals surface area contributed by atoms with Crippen LogP contribution in [0.3, 0.4) is 0 Å². The smallest absolute Gasteiger partial charge is 0.0424 e. The number of rotatable bonds is 5. The predicted molar refractivity (Wildman–Crippen MR) is 86.9 cm³/mol. The standard InChI is InChI=1S/C18H30N2/c1-5-18(6-2)7-8-20(13-18)12-17(19)16-10-14(3)9-15(4)11-16/h9-11,17H,5-8,12-13,19H2,1-4H3. The van der Waals surface area contributed by atoms with Gasteiger partial charge in [-0.3, -0.25) is 0 Å². The molecule has 2 rings (SSSR count). The molecule has 20 heavy (non-hydrogen) atoms. The van der Waals surface area contributed by atoms with Gasteiger partial charge in [0.25, 0.3) is 0 Å².